The van der Waals surface area contributed by atoms with Crippen LogP contribution in [0.4, 0.5) is 5.69 Å². The zero-order chi connectivity index (χ0) is 6.97. The number of thioether (sulfide) groups is 1. The fourth-order valence-corrected chi connectivity index (χ4v) is 2.15. The molecule has 0 amide bonds. The second-order valence-corrected chi connectivity index (χ2v) is 3.68. The largest absolute Gasteiger partial charge is 0.375 e. The molecule has 0 bridgehead atoms. The van der Waals surface area contributed by atoms with Gasteiger partial charge in [0.1, 0.15) is 0 Å². The van der Waals surface area contributed by atoms with Crippen LogP contribution < -0.4 is 5.32 Å². The molecule has 1 aliphatic rings. The van der Waals surface area contributed by atoms with E-state index in [4.69, 9.17) is 0 Å². The van der Waals surface area contributed by atoms with Gasteiger partial charge in [-0.2, -0.15) is 0 Å². The maximum absolute atomic E-state index is 4.24. The molecule has 0 aliphatic carbocycles. The van der Waals surface area contributed by atoms with E-state index >= 15 is 0 Å². The maximum atomic E-state index is 4.24. The van der Waals surface area contributed by atoms with Gasteiger partial charge in [-0.25, -0.2) is 0 Å². The van der Waals surface area contributed by atoms with Gasteiger partial charge in [-0.3, -0.25) is 0 Å². The number of fused-ring (bicyclic) bond motifs is 1. The van der Waals surface area contributed by atoms with Crippen LogP contribution in [0.3, 0.4) is 0 Å². The van der Waals surface area contributed by atoms with Crippen molar-refractivity contribution in [3.05, 3.63) is 18.2 Å². The smallest absolute Gasteiger partial charge is 0.0658 e. The van der Waals surface area contributed by atoms with Gasteiger partial charge in [0.15, 0.2) is 0 Å². The van der Waals surface area contributed by atoms with Crippen LogP contribution in [-0.2, 0) is 0 Å². The topological polar surface area (TPSA) is 12.0 Å². The molecule has 1 nitrogen and oxygen atoms in total. The molecule has 0 atom stereocenters. The molecular weight excluding hydrogens is 162 g/mol. The molecule has 1 aromatic rings. The van der Waals surface area contributed by atoms with Crippen molar-refractivity contribution < 1.29 is 0 Å². The van der Waals surface area contributed by atoms with Gasteiger partial charge < -0.3 is 5.32 Å². The Hall–Kier alpha value is -0.280. The van der Waals surface area contributed by atoms with E-state index in [1.54, 1.807) is 0 Å². The predicted molar refractivity (Wildman–Crippen MR) is 48.0 cm³/mol. The van der Waals surface area contributed by atoms with Crippen LogP contribution in [0.1, 0.15) is 0 Å². The van der Waals surface area contributed by atoms with Crippen molar-refractivity contribution in [1.82, 2.24) is 0 Å². The first-order valence-corrected chi connectivity index (χ1v) is 4.49. The summed E-state index contributed by atoms with van der Waals surface area (Å²) in [5, 5.41) is 3.26. The van der Waals surface area contributed by atoms with Crippen molar-refractivity contribution >= 4 is 30.1 Å². The highest BCUT2D eigenvalue weighted by atomic mass is 32.2. The highest BCUT2D eigenvalue weighted by Gasteiger charge is 2.08. The molecule has 1 heterocycles. The summed E-state index contributed by atoms with van der Waals surface area (Å²) in [7, 11) is 0. The third-order valence-corrected chi connectivity index (χ3v) is 2.67. The quantitative estimate of drug-likeness (QED) is 0.579. The van der Waals surface area contributed by atoms with E-state index in [1.807, 2.05) is 17.8 Å². The lowest BCUT2D eigenvalue weighted by Gasteiger charge is -1.96. The van der Waals surface area contributed by atoms with Crippen LogP contribution in [0.2, 0.25) is 0 Å². The Labute approximate surface area is 69.6 Å². The van der Waals surface area contributed by atoms with Crippen LogP contribution >= 0.6 is 24.4 Å². The monoisotopic (exact) mass is 169 g/mol. The first-order chi connectivity index (χ1) is 4.86. The summed E-state index contributed by atoms with van der Waals surface area (Å²) in [5.74, 6) is 0.993. The lowest BCUT2D eigenvalue weighted by molar-refractivity contribution is 1.34. The zero-order valence-corrected chi connectivity index (χ0v) is 7.01. The lowest BCUT2D eigenvalue weighted by Crippen LogP contribution is -1.86. The SMILES string of the molecule is Sc1ccc2c(c1)SCN2. The van der Waals surface area contributed by atoms with Crippen molar-refractivity contribution in [2.75, 3.05) is 11.2 Å². The Morgan fingerprint density at radius 2 is 2.40 bits per heavy atom. The van der Waals surface area contributed by atoms with E-state index in [2.05, 4.69) is 30.1 Å². The fraction of sp³-hybridized carbons (Fsp3) is 0.143. The average Bonchev–Trinajstić information content (AvgIpc) is 2.33. The Bertz CT molecular complexity index is 260. The summed E-state index contributed by atoms with van der Waals surface area (Å²) in [6.07, 6.45) is 0. The number of anilines is 1. The van der Waals surface area contributed by atoms with Gasteiger partial charge in [0.2, 0.25) is 0 Å². The van der Waals surface area contributed by atoms with Gasteiger partial charge in [-0.05, 0) is 18.2 Å². The molecular formula is C7H7NS2. The highest BCUT2D eigenvalue weighted by molar-refractivity contribution is 7.99. The Morgan fingerprint density at radius 3 is 3.30 bits per heavy atom. The Balaban J connectivity index is 2.52. The standard InChI is InChI=1S/C7H7NS2/c9-5-1-2-6-7(3-5)10-4-8-6/h1-3,8-9H,4H2. The molecule has 0 saturated carbocycles. The van der Waals surface area contributed by atoms with Crippen LogP contribution in [0, 0.1) is 0 Å². The maximum Gasteiger partial charge on any atom is 0.0658 e. The number of nitrogens with one attached hydrogen (secondary N) is 1. The van der Waals surface area contributed by atoms with Crippen molar-refractivity contribution in [2.45, 2.75) is 9.79 Å². The molecule has 0 fully saturated rings. The molecule has 0 spiro atoms. The van der Waals surface area contributed by atoms with Crippen molar-refractivity contribution in [2.24, 2.45) is 0 Å². The normalized spacial score (nSPS) is 14.5. The molecule has 0 saturated heterocycles. The predicted octanol–water partition coefficient (Wildman–Crippen LogP) is 2.45. The van der Waals surface area contributed by atoms with E-state index in [0.29, 0.717) is 0 Å². The van der Waals surface area contributed by atoms with E-state index in [9.17, 15) is 0 Å². The van der Waals surface area contributed by atoms with Crippen LogP contribution in [0.5, 0.6) is 0 Å². The zero-order valence-electron chi connectivity index (χ0n) is 5.29. The Kier molecular flexibility index (Phi) is 1.54. The van der Waals surface area contributed by atoms with Gasteiger partial charge in [0.05, 0.1) is 5.88 Å². The van der Waals surface area contributed by atoms with Crippen molar-refractivity contribution in [1.29, 1.82) is 0 Å². The van der Waals surface area contributed by atoms with Crippen LogP contribution in [0.15, 0.2) is 28.0 Å². The Morgan fingerprint density at radius 1 is 1.50 bits per heavy atom. The van der Waals surface area contributed by atoms with Gasteiger partial charge >= 0.3 is 0 Å². The summed E-state index contributed by atoms with van der Waals surface area (Å²) in [4.78, 5) is 2.35. The van der Waals surface area contributed by atoms with E-state index in [-0.39, 0.29) is 0 Å². The van der Waals surface area contributed by atoms with Gasteiger partial charge in [0, 0.05) is 15.5 Å². The van der Waals surface area contributed by atoms with Crippen LogP contribution in [0.25, 0.3) is 0 Å². The van der Waals surface area contributed by atoms with Crippen molar-refractivity contribution in [3.63, 3.8) is 0 Å². The lowest BCUT2D eigenvalue weighted by atomic mass is 10.3. The molecule has 3 heteroatoms. The number of rotatable bonds is 0. The number of hydrogen-bond acceptors (Lipinski definition) is 3. The van der Waals surface area contributed by atoms with Crippen LogP contribution in [-0.4, -0.2) is 5.88 Å². The van der Waals surface area contributed by atoms with Crippen molar-refractivity contribution in [3.8, 4) is 0 Å². The molecule has 2 rings (SSSR count). The molecule has 0 aromatic heterocycles. The molecule has 1 aliphatic heterocycles. The molecule has 0 unspecified atom stereocenters. The van der Waals surface area contributed by atoms with E-state index < -0.39 is 0 Å². The third-order valence-electron chi connectivity index (χ3n) is 1.46. The summed E-state index contributed by atoms with van der Waals surface area (Å²) >= 11 is 6.06. The summed E-state index contributed by atoms with van der Waals surface area (Å²) in [6.45, 7) is 0. The van der Waals surface area contributed by atoms with E-state index in [1.165, 1.54) is 10.6 Å². The average molecular weight is 169 g/mol. The minimum Gasteiger partial charge on any atom is -0.375 e. The second-order valence-electron chi connectivity index (χ2n) is 2.15. The van der Waals surface area contributed by atoms with Gasteiger partial charge in [-0.1, -0.05) is 0 Å². The third kappa shape index (κ3) is 0.995. The number of benzene rings is 1. The minimum atomic E-state index is 0.993. The first-order valence-electron chi connectivity index (χ1n) is 3.06. The summed E-state index contributed by atoms with van der Waals surface area (Å²) < 4.78 is 0. The number of hydrogen-bond donors (Lipinski definition) is 2. The summed E-state index contributed by atoms with van der Waals surface area (Å²) in [5.41, 5.74) is 1.24. The minimum absolute atomic E-state index is 0.993. The molecule has 1 N–H and O–H groups in total. The molecule has 1 aromatic carbocycles. The highest BCUT2D eigenvalue weighted by Crippen LogP contribution is 2.34. The molecule has 10 heavy (non-hydrogen) atoms. The van der Waals surface area contributed by atoms with Gasteiger partial charge in [-0.15, -0.1) is 24.4 Å². The molecule has 52 valence electrons. The van der Waals surface area contributed by atoms with E-state index in [0.717, 1.165) is 10.8 Å². The fourth-order valence-electron chi connectivity index (χ4n) is 0.968. The molecule has 0 radical (unpaired) electrons. The number of thiol groups is 1. The second kappa shape index (κ2) is 2.40. The van der Waals surface area contributed by atoms with Gasteiger partial charge in [0.25, 0.3) is 0 Å². The first kappa shape index (κ1) is 6.43. The summed E-state index contributed by atoms with van der Waals surface area (Å²) in [6, 6.07) is 6.15.